The summed E-state index contributed by atoms with van der Waals surface area (Å²) in [6.45, 7) is 8.74. The van der Waals surface area contributed by atoms with Crippen molar-refractivity contribution in [3.8, 4) is 0 Å². The fourth-order valence-corrected chi connectivity index (χ4v) is 1.46. The molecule has 3 N–H and O–H groups in total. The van der Waals surface area contributed by atoms with Crippen molar-refractivity contribution in [2.45, 2.75) is 46.1 Å². The predicted molar refractivity (Wildman–Crippen MR) is 74.8 cm³/mol. The summed E-state index contributed by atoms with van der Waals surface area (Å²) in [6.07, 6.45) is 1.85. The molecule has 5 heteroatoms. The average Bonchev–Trinajstić information content (AvgIpc) is 2.32. The molecule has 0 aliphatic rings. The highest BCUT2D eigenvalue weighted by molar-refractivity contribution is 5.54. The Morgan fingerprint density at radius 2 is 2.00 bits per heavy atom. The highest BCUT2D eigenvalue weighted by atomic mass is 16.5. The minimum atomic E-state index is -0.239. The van der Waals surface area contributed by atoms with E-state index in [0.29, 0.717) is 12.4 Å². The molecule has 1 aromatic heterocycles. The third-order valence-corrected chi connectivity index (χ3v) is 2.94. The van der Waals surface area contributed by atoms with E-state index in [0.717, 1.165) is 30.0 Å². The van der Waals surface area contributed by atoms with Crippen molar-refractivity contribution in [1.29, 1.82) is 0 Å². The van der Waals surface area contributed by atoms with Crippen LogP contribution in [-0.4, -0.2) is 29.2 Å². The summed E-state index contributed by atoms with van der Waals surface area (Å²) in [7, 11) is 1.70. The summed E-state index contributed by atoms with van der Waals surface area (Å²) in [6, 6.07) is 0. The molecule has 0 saturated heterocycles. The Balaban J connectivity index is 2.87. The number of nitrogen functional groups attached to an aromatic ring is 1. The number of aryl methyl sites for hydroxylation is 1. The van der Waals surface area contributed by atoms with Crippen molar-refractivity contribution in [3.63, 3.8) is 0 Å². The third kappa shape index (κ3) is 3.84. The number of hydrogen-bond acceptors (Lipinski definition) is 5. The maximum absolute atomic E-state index is 5.90. The Morgan fingerprint density at radius 3 is 2.56 bits per heavy atom. The summed E-state index contributed by atoms with van der Waals surface area (Å²) < 4.78 is 5.37. The zero-order valence-corrected chi connectivity index (χ0v) is 12.0. The SMILES string of the molecule is CCCc1nc(N)c(C)c(NCC(C)(C)OC)n1. The smallest absolute Gasteiger partial charge is 0.134 e. The van der Waals surface area contributed by atoms with Crippen LogP contribution in [-0.2, 0) is 11.2 Å². The Hall–Kier alpha value is -1.36. The normalized spacial score (nSPS) is 11.6. The lowest BCUT2D eigenvalue weighted by molar-refractivity contribution is 0.0343. The number of methoxy groups -OCH3 is 1. The Kier molecular flexibility index (Phi) is 4.90. The second-order valence-corrected chi connectivity index (χ2v) is 5.07. The number of ether oxygens (including phenoxy) is 1. The van der Waals surface area contributed by atoms with Crippen LogP contribution in [0.25, 0.3) is 0 Å². The molecule has 18 heavy (non-hydrogen) atoms. The predicted octanol–water partition coefficient (Wildman–Crippen LogP) is 2.16. The van der Waals surface area contributed by atoms with Crippen molar-refractivity contribution < 1.29 is 4.74 Å². The molecule has 0 aliphatic carbocycles. The van der Waals surface area contributed by atoms with Crippen LogP contribution in [0.1, 0.15) is 38.6 Å². The topological polar surface area (TPSA) is 73.1 Å². The molecule has 1 aromatic rings. The van der Waals surface area contributed by atoms with E-state index < -0.39 is 0 Å². The monoisotopic (exact) mass is 252 g/mol. The van der Waals surface area contributed by atoms with Gasteiger partial charge in [-0.2, -0.15) is 0 Å². The molecular weight excluding hydrogens is 228 g/mol. The van der Waals surface area contributed by atoms with Crippen LogP contribution < -0.4 is 11.1 Å². The molecule has 0 aliphatic heterocycles. The van der Waals surface area contributed by atoms with Crippen molar-refractivity contribution in [2.75, 3.05) is 24.7 Å². The van der Waals surface area contributed by atoms with E-state index in [-0.39, 0.29) is 5.60 Å². The van der Waals surface area contributed by atoms with Gasteiger partial charge < -0.3 is 15.8 Å². The summed E-state index contributed by atoms with van der Waals surface area (Å²) in [5.41, 5.74) is 6.55. The zero-order valence-electron chi connectivity index (χ0n) is 12.0. The number of aromatic nitrogens is 2. The van der Waals surface area contributed by atoms with Gasteiger partial charge in [0.2, 0.25) is 0 Å². The molecule has 1 heterocycles. The van der Waals surface area contributed by atoms with Gasteiger partial charge in [-0.05, 0) is 27.2 Å². The van der Waals surface area contributed by atoms with Crippen LogP contribution in [0.15, 0.2) is 0 Å². The lowest BCUT2D eigenvalue weighted by Crippen LogP contribution is -2.32. The number of nitrogens with one attached hydrogen (secondary N) is 1. The summed E-state index contributed by atoms with van der Waals surface area (Å²) in [5.74, 6) is 2.14. The van der Waals surface area contributed by atoms with E-state index in [2.05, 4.69) is 22.2 Å². The second-order valence-electron chi connectivity index (χ2n) is 5.07. The number of anilines is 2. The van der Waals surface area contributed by atoms with Crippen molar-refractivity contribution in [2.24, 2.45) is 0 Å². The Labute approximate surface area is 109 Å². The number of nitrogens with zero attached hydrogens (tertiary/aromatic N) is 2. The molecule has 1 rings (SSSR count). The van der Waals surface area contributed by atoms with Crippen LogP contribution in [0.5, 0.6) is 0 Å². The van der Waals surface area contributed by atoms with Crippen molar-refractivity contribution in [1.82, 2.24) is 9.97 Å². The first kappa shape index (κ1) is 14.7. The molecule has 0 bridgehead atoms. The first-order chi connectivity index (χ1) is 8.39. The molecule has 0 aromatic carbocycles. The second kappa shape index (κ2) is 6.00. The van der Waals surface area contributed by atoms with E-state index in [4.69, 9.17) is 10.5 Å². The largest absolute Gasteiger partial charge is 0.383 e. The standard InChI is InChI=1S/C13H24N4O/c1-6-7-10-16-11(14)9(2)12(17-10)15-8-13(3,4)18-5/h6-8H2,1-5H3,(H3,14,15,16,17). The first-order valence-electron chi connectivity index (χ1n) is 6.31. The van der Waals surface area contributed by atoms with Crippen LogP contribution in [0.4, 0.5) is 11.6 Å². The van der Waals surface area contributed by atoms with E-state index in [9.17, 15) is 0 Å². The summed E-state index contributed by atoms with van der Waals surface area (Å²) in [5, 5.41) is 3.29. The average molecular weight is 252 g/mol. The number of hydrogen-bond donors (Lipinski definition) is 2. The van der Waals surface area contributed by atoms with Crippen LogP contribution >= 0.6 is 0 Å². The quantitative estimate of drug-likeness (QED) is 0.811. The van der Waals surface area contributed by atoms with Gasteiger partial charge in [-0.3, -0.25) is 0 Å². The van der Waals surface area contributed by atoms with Gasteiger partial charge >= 0.3 is 0 Å². The molecule has 0 atom stereocenters. The number of nitrogens with two attached hydrogens (primary N) is 1. The van der Waals surface area contributed by atoms with Gasteiger partial charge in [-0.15, -0.1) is 0 Å². The minimum absolute atomic E-state index is 0.239. The van der Waals surface area contributed by atoms with E-state index in [1.807, 2.05) is 20.8 Å². The van der Waals surface area contributed by atoms with Gasteiger partial charge in [-0.1, -0.05) is 6.92 Å². The first-order valence-corrected chi connectivity index (χ1v) is 6.31. The van der Waals surface area contributed by atoms with Crippen molar-refractivity contribution >= 4 is 11.6 Å². The molecule has 0 unspecified atom stereocenters. The van der Waals surface area contributed by atoms with Gasteiger partial charge in [0.25, 0.3) is 0 Å². The van der Waals surface area contributed by atoms with Gasteiger partial charge in [0.1, 0.15) is 17.5 Å². The van der Waals surface area contributed by atoms with E-state index in [1.165, 1.54) is 0 Å². The lowest BCUT2D eigenvalue weighted by atomic mass is 10.1. The Morgan fingerprint density at radius 1 is 1.33 bits per heavy atom. The molecule has 0 radical (unpaired) electrons. The molecule has 0 saturated carbocycles. The fraction of sp³-hybridized carbons (Fsp3) is 0.692. The van der Waals surface area contributed by atoms with Crippen LogP contribution in [0.2, 0.25) is 0 Å². The molecule has 0 spiro atoms. The minimum Gasteiger partial charge on any atom is -0.383 e. The molecule has 5 nitrogen and oxygen atoms in total. The van der Waals surface area contributed by atoms with Crippen LogP contribution in [0.3, 0.4) is 0 Å². The lowest BCUT2D eigenvalue weighted by Gasteiger charge is -2.24. The van der Waals surface area contributed by atoms with Crippen molar-refractivity contribution in [3.05, 3.63) is 11.4 Å². The summed E-state index contributed by atoms with van der Waals surface area (Å²) >= 11 is 0. The third-order valence-electron chi connectivity index (χ3n) is 2.94. The van der Waals surface area contributed by atoms with Gasteiger partial charge in [0.05, 0.1) is 5.60 Å². The summed E-state index contributed by atoms with van der Waals surface area (Å²) in [4.78, 5) is 8.79. The molecule has 102 valence electrons. The fourth-order valence-electron chi connectivity index (χ4n) is 1.46. The zero-order chi connectivity index (χ0) is 13.8. The van der Waals surface area contributed by atoms with Gasteiger partial charge in [-0.25, -0.2) is 9.97 Å². The maximum atomic E-state index is 5.90. The van der Waals surface area contributed by atoms with Gasteiger partial charge in [0, 0.05) is 25.6 Å². The van der Waals surface area contributed by atoms with E-state index in [1.54, 1.807) is 7.11 Å². The molecule has 0 amide bonds. The van der Waals surface area contributed by atoms with Crippen LogP contribution in [0, 0.1) is 6.92 Å². The maximum Gasteiger partial charge on any atom is 0.134 e. The van der Waals surface area contributed by atoms with Gasteiger partial charge in [0.15, 0.2) is 0 Å². The highest BCUT2D eigenvalue weighted by Crippen LogP contribution is 2.19. The molecular formula is C13H24N4O. The highest BCUT2D eigenvalue weighted by Gasteiger charge is 2.17. The molecule has 0 fully saturated rings. The Bertz CT molecular complexity index is 404. The van der Waals surface area contributed by atoms with E-state index >= 15 is 0 Å². The number of rotatable bonds is 6.